The van der Waals surface area contributed by atoms with Crippen LogP contribution in [0.3, 0.4) is 0 Å². The van der Waals surface area contributed by atoms with Gasteiger partial charge >= 0.3 is 0 Å². The first-order chi connectivity index (χ1) is 25.9. The van der Waals surface area contributed by atoms with Gasteiger partial charge in [0.15, 0.2) is 5.82 Å². The third-order valence-electron chi connectivity index (χ3n) is 6.25. The fourth-order valence-corrected chi connectivity index (χ4v) is 4.86. The van der Waals surface area contributed by atoms with E-state index in [-0.39, 0.29) is 60.7 Å². The number of fused-ring (bicyclic) bond motifs is 6. The Labute approximate surface area is 251 Å². The molecule has 0 spiro atoms. The quantitative estimate of drug-likeness (QED) is 0.227. The van der Waals surface area contributed by atoms with Gasteiger partial charge in [-0.1, -0.05) is 84.6 Å². The van der Waals surface area contributed by atoms with Crippen molar-refractivity contribution in [1.29, 1.82) is 0 Å². The van der Waals surface area contributed by atoms with E-state index in [4.69, 9.17) is 33.5 Å². The number of benzene rings is 5. The van der Waals surface area contributed by atoms with E-state index in [1.54, 1.807) is 12.1 Å². The molecule has 3 aromatic heterocycles. The zero-order valence-electron chi connectivity index (χ0n) is 35.4. The van der Waals surface area contributed by atoms with Crippen LogP contribution in [-0.2, 0) is 0 Å². The summed E-state index contributed by atoms with van der Waals surface area (Å²) in [5, 5.41) is -1.23. The Kier molecular flexibility index (Phi) is 2.49. The Morgan fingerprint density at radius 3 is 1.54 bits per heavy atom. The topological polar surface area (TPSA) is 48.5 Å². The van der Waals surface area contributed by atoms with Crippen LogP contribution >= 0.6 is 11.6 Å². The minimum atomic E-state index is -0.664. The molecule has 8 rings (SSSR count). The largest absolute Gasteiger partial charge is 0.309 e. The summed E-state index contributed by atoms with van der Waals surface area (Å²) < 4.78 is 140. The van der Waals surface area contributed by atoms with Crippen molar-refractivity contribution in [3.8, 4) is 23.0 Å². The molecule has 3 heterocycles. The number of hydrogen-bond acceptors (Lipinski definition) is 3. The highest BCUT2D eigenvalue weighted by Gasteiger charge is 2.19. The highest BCUT2D eigenvalue weighted by atomic mass is 35.5. The van der Waals surface area contributed by atoms with Gasteiger partial charge < -0.3 is 4.57 Å². The first kappa shape index (κ1) is 11.4. The van der Waals surface area contributed by atoms with Crippen molar-refractivity contribution in [2.24, 2.45) is 0 Å². The van der Waals surface area contributed by atoms with Gasteiger partial charge in [-0.05, 0) is 47.9 Å². The van der Waals surface area contributed by atoms with Crippen molar-refractivity contribution in [2.75, 3.05) is 0 Å². The fourth-order valence-electron chi connectivity index (χ4n) is 4.70. The molecule has 0 aliphatic heterocycles. The second-order valence-corrected chi connectivity index (χ2v) is 8.65. The SMILES string of the molecule is [2H]c1c([2H])c([2H])c2c(c1[2H])c1c([2H])c([2H])c([2H])c([2H])c1n2-c1nc(Cl)nc(-c2ccccc2-n2c3c([2H])c([2H])c([2H])c([2H])c3c3c([2H])c([2H])c([2H])c([2H])c32)n1. The molecule has 0 unspecified atom stereocenters. The van der Waals surface area contributed by atoms with Crippen molar-refractivity contribution < 1.29 is 21.9 Å². The summed E-state index contributed by atoms with van der Waals surface area (Å²) in [7, 11) is 0. The van der Waals surface area contributed by atoms with E-state index in [1.165, 1.54) is 16.7 Å². The zero-order chi connectivity index (χ0) is 39.8. The van der Waals surface area contributed by atoms with Gasteiger partial charge in [0.25, 0.3) is 0 Å². The molecule has 39 heavy (non-hydrogen) atoms. The summed E-state index contributed by atoms with van der Waals surface area (Å²) in [6.07, 6.45) is 0. The molecule has 5 nitrogen and oxygen atoms in total. The summed E-state index contributed by atoms with van der Waals surface area (Å²) in [5.74, 6) is -0.634. The zero-order valence-corrected chi connectivity index (χ0v) is 20.2. The molecule has 0 N–H and O–H groups in total. The van der Waals surface area contributed by atoms with E-state index in [0.29, 0.717) is 0 Å². The smallest absolute Gasteiger partial charge is 0.239 e. The van der Waals surface area contributed by atoms with Crippen LogP contribution < -0.4 is 0 Å². The number of halogens is 1. The number of hydrogen-bond donors (Lipinski definition) is 0. The standard InChI is InChI=1S/C33H20ClN5/c34-32-35-31(36-33(37-32)39-28-18-8-3-13-23(28)24-14-4-9-19-29(24)39)25-15-5-10-20-30(25)38-26-16-6-1-11-21(26)22-12-2-7-17-27(22)38/h1-20H/i1D,2D,3D,4D,6D,7D,8D,9D,11D,12D,13D,14D,16D,17D,18D,19D. The third-order valence-corrected chi connectivity index (χ3v) is 6.42. The lowest BCUT2D eigenvalue weighted by Gasteiger charge is -2.14. The molecule has 0 amide bonds. The molecule has 0 saturated heterocycles. The molecule has 184 valence electrons. The summed E-state index contributed by atoms with van der Waals surface area (Å²) >= 11 is 6.52. The van der Waals surface area contributed by atoms with E-state index >= 15 is 0 Å². The van der Waals surface area contributed by atoms with Crippen LogP contribution in [0.15, 0.2) is 121 Å². The molecule has 0 atom stereocenters. The van der Waals surface area contributed by atoms with Crippen LogP contribution in [0.4, 0.5) is 0 Å². The molecule has 0 aliphatic rings. The lowest BCUT2D eigenvalue weighted by molar-refractivity contribution is 0.945. The van der Waals surface area contributed by atoms with Crippen LogP contribution in [0.1, 0.15) is 21.9 Å². The second kappa shape index (κ2) is 8.51. The summed E-state index contributed by atoms with van der Waals surface area (Å²) in [5.41, 5.74) is -0.716. The van der Waals surface area contributed by atoms with Crippen LogP contribution in [-0.4, -0.2) is 24.1 Å². The summed E-state index contributed by atoms with van der Waals surface area (Å²) in [4.78, 5) is 13.1. The number of para-hydroxylation sites is 5. The van der Waals surface area contributed by atoms with Gasteiger partial charge in [0.05, 0.1) is 49.7 Å². The normalized spacial score (nSPS) is 17.5. The van der Waals surface area contributed by atoms with Gasteiger partial charge in [-0.15, -0.1) is 0 Å². The van der Waals surface area contributed by atoms with E-state index in [2.05, 4.69) is 15.0 Å². The van der Waals surface area contributed by atoms with Crippen LogP contribution in [0.25, 0.3) is 66.6 Å². The Morgan fingerprint density at radius 2 is 1.00 bits per heavy atom. The Balaban J connectivity index is 1.53. The summed E-state index contributed by atoms with van der Waals surface area (Å²) in [6, 6.07) is -3.45. The molecule has 0 aliphatic carbocycles. The molecule has 0 fully saturated rings. The number of nitrogens with zero attached hydrogens (tertiary/aromatic N) is 5. The Morgan fingerprint density at radius 1 is 0.538 bits per heavy atom. The first-order valence-electron chi connectivity index (χ1n) is 19.4. The fraction of sp³-hybridized carbons (Fsp3) is 0. The van der Waals surface area contributed by atoms with Crippen molar-refractivity contribution >= 4 is 55.2 Å². The van der Waals surface area contributed by atoms with Gasteiger partial charge in [0, 0.05) is 27.1 Å². The average Bonchev–Trinajstić information content (AvgIpc) is 3.72. The molecule has 8 aromatic rings. The van der Waals surface area contributed by atoms with Crippen molar-refractivity contribution in [2.45, 2.75) is 0 Å². The summed E-state index contributed by atoms with van der Waals surface area (Å²) in [6.45, 7) is 0. The van der Waals surface area contributed by atoms with Gasteiger partial charge in [0.2, 0.25) is 11.2 Å². The maximum atomic E-state index is 8.91. The Bertz CT molecular complexity index is 2930. The minimum absolute atomic E-state index is 0.0804. The molecular formula is C33H20ClN5. The van der Waals surface area contributed by atoms with E-state index in [1.807, 2.05) is 0 Å². The molecule has 0 bridgehead atoms. The second-order valence-electron chi connectivity index (χ2n) is 8.31. The van der Waals surface area contributed by atoms with E-state index in [9.17, 15) is 0 Å². The minimum Gasteiger partial charge on any atom is -0.309 e. The van der Waals surface area contributed by atoms with Gasteiger partial charge in [-0.25, -0.2) is 0 Å². The molecule has 0 radical (unpaired) electrons. The lowest BCUT2D eigenvalue weighted by Crippen LogP contribution is -2.06. The molecule has 0 saturated carbocycles. The van der Waals surface area contributed by atoms with E-state index in [0.717, 1.165) is 4.57 Å². The van der Waals surface area contributed by atoms with Crippen LogP contribution in [0, 0.1) is 0 Å². The van der Waals surface area contributed by atoms with Gasteiger partial charge in [-0.2, -0.15) is 15.0 Å². The van der Waals surface area contributed by atoms with E-state index < -0.39 is 108 Å². The highest BCUT2D eigenvalue weighted by molar-refractivity contribution is 6.28. The van der Waals surface area contributed by atoms with Crippen molar-refractivity contribution in [1.82, 2.24) is 24.1 Å². The van der Waals surface area contributed by atoms with Crippen molar-refractivity contribution in [3.63, 3.8) is 0 Å². The Hall–Kier alpha value is -5.00. The third kappa shape index (κ3) is 3.30. The average molecular weight is 538 g/mol. The van der Waals surface area contributed by atoms with Crippen LogP contribution in [0.5, 0.6) is 0 Å². The van der Waals surface area contributed by atoms with Gasteiger partial charge in [0.1, 0.15) is 0 Å². The number of aromatic nitrogens is 5. The molecule has 5 aromatic carbocycles. The van der Waals surface area contributed by atoms with Crippen molar-refractivity contribution in [3.05, 3.63) is 126 Å². The molecule has 6 heteroatoms. The number of rotatable bonds is 3. The predicted molar refractivity (Wildman–Crippen MR) is 159 cm³/mol. The monoisotopic (exact) mass is 537 g/mol. The van der Waals surface area contributed by atoms with Gasteiger partial charge in [-0.3, -0.25) is 4.57 Å². The molecular weight excluding hydrogens is 502 g/mol. The highest BCUT2D eigenvalue weighted by Crippen LogP contribution is 2.36. The maximum absolute atomic E-state index is 8.91. The first-order valence-corrected chi connectivity index (χ1v) is 11.8. The maximum Gasteiger partial charge on any atom is 0.239 e. The van der Waals surface area contributed by atoms with Crippen LogP contribution in [0.2, 0.25) is 5.28 Å². The lowest BCUT2D eigenvalue weighted by atomic mass is 10.1. The predicted octanol–water partition coefficient (Wildman–Crippen LogP) is 8.39.